The maximum absolute atomic E-state index is 12.0. The van der Waals surface area contributed by atoms with E-state index in [9.17, 15) is 9.59 Å². The van der Waals surface area contributed by atoms with Crippen molar-refractivity contribution < 1.29 is 19.1 Å². The summed E-state index contributed by atoms with van der Waals surface area (Å²) in [5.74, 6) is 0.595. The third-order valence-electron chi connectivity index (χ3n) is 3.06. The van der Waals surface area contributed by atoms with Gasteiger partial charge in [0, 0.05) is 7.05 Å². The van der Waals surface area contributed by atoms with Gasteiger partial charge in [-0.05, 0) is 19.1 Å². The van der Waals surface area contributed by atoms with Crippen molar-refractivity contribution in [2.24, 2.45) is 0 Å². The number of ether oxygens (including phenoxy) is 2. The standard InChI is InChI=1S/C14H18N2O4/c1-10-3-5-11(6-4-10)19-8-7-16(2)13(17)12-9-20-14(18)15-12/h3-6,12H,7-9H2,1-2H3,(H,15,18)/t12-/m0/s1. The van der Waals surface area contributed by atoms with E-state index in [2.05, 4.69) is 5.32 Å². The van der Waals surface area contributed by atoms with Crippen LogP contribution in [0, 0.1) is 6.92 Å². The van der Waals surface area contributed by atoms with E-state index in [0.29, 0.717) is 13.2 Å². The van der Waals surface area contributed by atoms with Crippen molar-refractivity contribution in [2.45, 2.75) is 13.0 Å². The van der Waals surface area contributed by atoms with E-state index in [1.165, 1.54) is 10.5 Å². The van der Waals surface area contributed by atoms with Crippen LogP contribution in [-0.2, 0) is 9.53 Å². The Morgan fingerprint density at radius 3 is 2.75 bits per heavy atom. The highest BCUT2D eigenvalue weighted by atomic mass is 16.6. The van der Waals surface area contributed by atoms with Crippen LogP contribution in [0.4, 0.5) is 4.79 Å². The minimum atomic E-state index is -0.591. The molecule has 1 atom stereocenters. The fourth-order valence-electron chi connectivity index (χ4n) is 1.83. The lowest BCUT2D eigenvalue weighted by Gasteiger charge is -2.20. The second-order valence-corrected chi connectivity index (χ2v) is 4.72. The van der Waals surface area contributed by atoms with E-state index in [0.717, 1.165) is 5.75 Å². The molecule has 0 saturated carbocycles. The fraction of sp³-hybridized carbons (Fsp3) is 0.429. The summed E-state index contributed by atoms with van der Waals surface area (Å²) in [5.41, 5.74) is 1.17. The highest BCUT2D eigenvalue weighted by Gasteiger charge is 2.30. The molecule has 1 fully saturated rings. The number of benzene rings is 1. The second-order valence-electron chi connectivity index (χ2n) is 4.72. The minimum absolute atomic E-state index is 0.0842. The summed E-state index contributed by atoms with van der Waals surface area (Å²) in [4.78, 5) is 24.4. The summed E-state index contributed by atoms with van der Waals surface area (Å²) in [6, 6.07) is 7.13. The molecule has 20 heavy (non-hydrogen) atoms. The molecule has 6 heteroatoms. The first-order valence-corrected chi connectivity index (χ1v) is 6.44. The van der Waals surface area contributed by atoms with Gasteiger partial charge in [0.2, 0.25) is 5.91 Å². The average Bonchev–Trinajstić information content (AvgIpc) is 2.86. The molecule has 0 bridgehead atoms. The number of rotatable bonds is 5. The zero-order chi connectivity index (χ0) is 14.5. The molecule has 6 nitrogen and oxygen atoms in total. The molecule has 0 aromatic heterocycles. The molecule has 2 amide bonds. The quantitative estimate of drug-likeness (QED) is 0.870. The van der Waals surface area contributed by atoms with E-state index >= 15 is 0 Å². The highest BCUT2D eigenvalue weighted by molar-refractivity contribution is 5.87. The van der Waals surface area contributed by atoms with Crippen molar-refractivity contribution in [3.8, 4) is 5.75 Å². The molecule has 1 heterocycles. The van der Waals surface area contributed by atoms with Gasteiger partial charge in [-0.15, -0.1) is 0 Å². The Balaban J connectivity index is 1.74. The van der Waals surface area contributed by atoms with Crippen LogP contribution in [-0.4, -0.2) is 49.7 Å². The van der Waals surface area contributed by atoms with Gasteiger partial charge in [-0.2, -0.15) is 0 Å². The number of amides is 2. The number of hydrogen-bond donors (Lipinski definition) is 1. The van der Waals surface area contributed by atoms with E-state index in [-0.39, 0.29) is 12.5 Å². The smallest absolute Gasteiger partial charge is 0.407 e. The number of carbonyl (C=O) groups excluding carboxylic acids is 2. The first-order chi connectivity index (χ1) is 9.56. The Hall–Kier alpha value is -2.24. The molecule has 0 aliphatic carbocycles. The van der Waals surface area contributed by atoms with Crippen molar-refractivity contribution in [2.75, 3.05) is 26.8 Å². The fourth-order valence-corrected chi connectivity index (χ4v) is 1.83. The third-order valence-corrected chi connectivity index (χ3v) is 3.06. The SMILES string of the molecule is Cc1ccc(OCCN(C)C(=O)[C@@H]2COC(=O)N2)cc1. The molecular formula is C14H18N2O4. The largest absolute Gasteiger partial charge is 0.492 e. The number of cyclic esters (lactones) is 1. The number of carbonyl (C=O) groups is 2. The number of nitrogens with zero attached hydrogens (tertiary/aromatic N) is 1. The van der Waals surface area contributed by atoms with Gasteiger partial charge in [-0.25, -0.2) is 4.79 Å². The van der Waals surface area contributed by atoms with Gasteiger partial charge in [0.15, 0.2) is 0 Å². The maximum atomic E-state index is 12.0. The lowest BCUT2D eigenvalue weighted by atomic mass is 10.2. The van der Waals surface area contributed by atoms with Crippen LogP contribution in [0.3, 0.4) is 0 Å². The summed E-state index contributed by atoms with van der Waals surface area (Å²) in [6.45, 7) is 2.93. The monoisotopic (exact) mass is 278 g/mol. The maximum Gasteiger partial charge on any atom is 0.407 e. The van der Waals surface area contributed by atoms with Gasteiger partial charge in [0.1, 0.15) is 25.0 Å². The van der Waals surface area contributed by atoms with Crippen molar-refractivity contribution in [1.82, 2.24) is 10.2 Å². The molecule has 0 radical (unpaired) electrons. The van der Waals surface area contributed by atoms with Crippen LogP contribution < -0.4 is 10.1 Å². The lowest BCUT2D eigenvalue weighted by Crippen LogP contribution is -2.45. The molecule has 2 rings (SSSR count). The number of hydrogen-bond acceptors (Lipinski definition) is 4. The lowest BCUT2D eigenvalue weighted by molar-refractivity contribution is -0.132. The molecule has 0 unspecified atom stereocenters. The first kappa shape index (κ1) is 14.2. The van der Waals surface area contributed by atoms with Crippen molar-refractivity contribution in [3.63, 3.8) is 0 Å². The van der Waals surface area contributed by atoms with Gasteiger partial charge >= 0.3 is 6.09 Å². The van der Waals surface area contributed by atoms with E-state index < -0.39 is 12.1 Å². The van der Waals surface area contributed by atoms with Gasteiger partial charge in [-0.3, -0.25) is 4.79 Å². The molecule has 1 aromatic rings. The summed E-state index contributed by atoms with van der Waals surface area (Å²) >= 11 is 0. The van der Waals surface area contributed by atoms with Gasteiger partial charge in [0.25, 0.3) is 0 Å². The van der Waals surface area contributed by atoms with Crippen LogP contribution >= 0.6 is 0 Å². The minimum Gasteiger partial charge on any atom is -0.492 e. The average molecular weight is 278 g/mol. The first-order valence-electron chi connectivity index (χ1n) is 6.44. The second kappa shape index (κ2) is 6.27. The third kappa shape index (κ3) is 3.63. The Morgan fingerprint density at radius 1 is 1.45 bits per heavy atom. The van der Waals surface area contributed by atoms with Gasteiger partial charge in [0.05, 0.1) is 6.54 Å². The van der Waals surface area contributed by atoms with Crippen LogP contribution in [0.5, 0.6) is 5.75 Å². The van der Waals surface area contributed by atoms with Crippen LogP contribution in [0.2, 0.25) is 0 Å². The summed E-state index contributed by atoms with van der Waals surface area (Å²) in [6.07, 6.45) is -0.548. The molecular weight excluding hydrogens is 260 g/mol. The molecule has 1 N–H and O–H groups in total. The number of likely N-dealkylation sites (N-methyl/N-ethyl adjacent to an activating group) is 1. The number of aryl methyl sites for hydroxylation is 1. The van der Waals surface area contributed by atoms with E-state index in [1.54, 1.807) is 7.05 Å². The number of alkyl carbamates (subject to hydrolysis) is 1. The van der Waals surface area contributed by atoms with Gasteiger partial charge in [-0.1, -0.05) is 17.7 Å². The molecule has 108 valence electrons. The van der Waals surface area contributed by atoms with Crippen LogP contribution in [0.15, 0.2) is 24.3 Å². The van der Waals surface area contributed by atoms with Crippen molar-refractivity contribution in [1.29, 1.82) is 0 Å². The zero-order valence-electron chi connectivity index (χ0n) is 11.6. The predicted octanol–water partition coefficient (Wildman–Crippen LogP) is 0.941. The summed E-state index contributed by atoms with van der Waals surface area (Å²) < 4.78 is 10.2. The van der Waals surface area contributed by atoms with E-state index in [4.69, 9.17) is 9.47 Å². The molecule has 1 saturated heterocycles. The summed E-state index contributed by atoms with van der Waals surface area (Å²) in [5, 5.41) is 2.46. The Bertz CT molecular complexity index is 486. The van der Waals surface area contributed by atoms with Gasteiger partial charge < -0.3 is 19.7 Å². The van der Waals surface area contributed by atoms with Crippen molar-refractivity contribution >= 4 is 12.0 Å². The van der Waals surface area contributed by atoms with E-state index in [1.807, 2.05) is 31.2 Å². The highest BCUT2D eigenvalue weighted by Crippen LogP contribution is 2.11. The van der Waals surface area contributed by atoms with Crippen molar-refractivity contribution in [3.05, 3.63) is 29.8 Å². The summed E-state index contributed by atoms with van der Waals surface area (Å²) in [7, 11) is 1.67. The number of nitrogens with one attached hydrogen (secondary N) is 1. The molecule has 1 aliphatic heterocycles. The predicted molar refractivity (Wildman–Crippen MR) is 72.6 cm³/mol. The normalized spacial score (nSPS) is 17.3. The Morgan fingerprint density at radius 2 is 2.15 bits per heavy atom. The van der Waals surface area contributed by atoms with Crippen LogP contribution in [0.25, 0.3) is 0 Å². The molecule has 1 aliphatic rings. The topological polar surface area (TPSA) is 67.9 Å². The van der Waals surface area contributed by atoms with Crippen LogP contribution in [0.1, 0.15) is 5.56 Å². The Kier molecular flexibility index (Phi) is 4.45. The molecule has 1 aromatic carbocycles. The zero-order valence-corrected chi connectivity index (χ0v) is 11.6. The molecule has 0 spiro atoms. The Labute approximate surface area is 117 Å².